The van der Waals surface area contributed by atoms with E-state index in [0.717, 1.165) is 62.6 Å². The Bertz CT molecular complexity index is 1010. The molecule has 4 rings (SSSR count). The number of nitrogens with zero attached hydrogens (tertiary/aromatic N) is 2. The molecule has 0 bridgehead atoms. The molecule has 1 amide bonds. The number of fused-ring (bicyclic) bond motifs is 1. The first-order chi connectivity index (χ1) is 16.1. The molecule has 1 saturated heterocycles. The van der Waals surface area contributed by atoms with Gasteiger partial charge in [-0.05, 0) is 43.7 Å². The summed E-state index contributed by atoms with van der Waals surface area (Å²) in [5, 5.41) is 4.22. The van der Waals surface area contributed by atoms with E-state index in [9.17, 15) is 4.79 Å². The topological polar surface area (TPSA) is 54.0 Å². The van der Waals surface area contributed by atoms with Crippen LogP contribution in [0.5, 0.6) is 5.75 Å². The maximum absolute atomic E-state index is 12.7. The van der Waals surface area contributed by atoms with Crippen LogP contribution < -0.4 is 15.0 Å². The Morgan fingerprint density at radius 3 is 2.67 bits per heavy atom. The van der Waals surface area contributed by atoms with Crippen molar-refractivity contribution in [3.05, 3.63) is 63.6 Å². The predicted octanol–water partition coefficient (Wildman–Crippen LogP) is 4.46. The van der Waals surface area contributed by atoms with Crippen LogP contribution in [-0.2, 0) is 9.53 Å². The van der Waals surface area contributed by atoms with Crippen LogP contribution in [0.1, 0.15) is 18.4 Å². The number of hydrogen-bond donors (Lipinski definition) is 1. The SMILES string of the molecule is COC1Oc2ccccc2C=C1C(=O)NCCCCN1CCN(c2cccc(Cl)c2Cl)CC1. The molecule has 8 heteroatoms. The molecule has 1 N–H and O–H groups in total. The van der Waals surface area contributed by atoms with Gasteiger partial charge in [-0.1, -0.05) is 47.5 Å². The van der Waals surface area contributed by atoms with Crippen LogP contribution in [0.2, 0.25) is 10.0 Å². The summed E-state index contributed by atoms with van der Waals surface area (Å²) in [5.74, 6) is 0.571. The molecule has 0 spiro atoms. The van der Waals surface area contributed by atoms with E-state index in [0.29, 0.717) is 22.2 Å². The molecule has 2 heterocycles. The number of halogens is 2. The lowest BCUT2D eigenvalue weighted by Gasteiger charge is -2.36. The summed E-state index contributed by atoms with van der Waals surface area (Å²) in [6, 6.07) is 13.4. The zero-order valence-electron chi connectivity index (χ0n) is 18.7. The standard InChI is InChI=1S/C25H29Cl2N3O3/c1-32-25-19(17-18-7-2-3-10-22(18)33-25)24(31)28-11-4-5-12-29-13-15-30(16-14-29)21-9-6-8-20(26)23(21)27/h2-3,6-10,17,25H,4-5,11-16H2,1H3,(H,28,31). The highest BCUT2D eigenvalue weighted by Gasteiger charge is 2.27. The number of piperazine rings is 1. The number of amides is 1. The number of carbonyl (C=O) groups excluding carboxylic acids is 1. The molecule has 0 aromatic heterocycles. The minimum absolute atomic E-state index is 0.150. The van der Waals surface area contributed by atoms with Crippen LogP contribution in [0.4, 0.5) is 5.69 Å². The fraction of sp³-hybridized carbons (Fsp3) is 0.400. The molecular formula is C25H29Cl2N3O3. The van der Waals surface area contributed by atoms with Crippen LogP contribution >= 0.6 is 23.2 Å². The summed E-state index contributed by atoms with van der Waals surface area (Å²) in [4.78, 5) is 17.4. The highest BCUT2D eigenvalue weighted by Crippen LogP contribution is 2.33. The summed E-state index contributed by atoms with van der Waals surface area (Å²) in [6.07, 6.45) is 3.08. The number of anilines is 1. The van der Waals surface area contributed by atoms with E-state index in [2.05, 4.69) is 15.1 Å². The van der Waals surface area contributed by atoms with E-state index in [1.165, 1.54) is 0 Å². The molecule has 1 unspecified atom stereocenters. The van der Waals surface area contributed by atoms with Gasteiger partial charge in [-0.3, -0.25) is 9.69 Å². The van der Waals surface area contributed by atoms with Crippen LogP contribution in [0.3, 0.4) is 0 Å². The second kappa shape index (κ2) is 11.3. The number of benzene rings is 2. The number of ether oxygens (including phenoxy) is 2. The second-order valence-electron chi connectivity index (χ2n) is 8.19. The number of hydrogen-bond acceptors (Lipinski definition) is 5. The smallest absolute Gasteiger partial charge is 0.253 e. The zero-order chi connectivity index (χ0) is 23.2. The van der Waals surface area contributed by atoms with Gasteiger partial charge in [0.25, 0.3) is 5.91 Å². The summed E-state index contributed by atoms with van der Waals surface area (Å²) in [6.45, 7) is 5.43. The molecule has 6 nitrogen and oxygen atoms in total. The third-order valence-corrected chi connectivity index (χ3v) is 6.83. The quantitative estimate of drug-likeness (QED) is 0.554. The van der Waals surface area contributed by atoms with Crippen molar-refractivity contribution in [2.24, 2.45) is 0 Å². The van der Waals surface area contributed by atoms with E-state index < -0.39 is 6.29 Å². The Morgan fingerprint density at radius 1 is 1.09 bits per heavy atom. The van der Waals surface area contributed by atoms with Gasteiger partial charge in [-0.2, -0.15) is 0 Å². The van der Waals surface area contributed by atoms with Gasteiger partial charge in [-0.15, -0.1) is 0 Å². The van der Waals surface area contributed by atoms with Gasteiger partial charge in [0.1, 0.15) is 5.75 Å². The van der Waals surface area contributed by atoms with Gasteiger partial charge in [0.15, 0.2) is 0 Å². The van der Waals surface area contributed by atoms with E-state index >= 15 is 0 Å². The van der Waals surface area contributed by atoms with Crippen LogP contribution in [0.25, 0.3) is 6.08 Å². The molecular weight excluding hydrogens is 461 g/mol. The number of para-hydroxylation sites is 1. The van der Waals surface area contributed by atoms with Crippen molar-refractivity contribution < 1.29 is 14.3 Å². The molecule has 2 aliphatic heterocycles. The normalized spacial score (nSPS) is 18.3. The average molecular weight is 490 g/mol. The first-order valence-corrected chi connectivity index (χ1v) is 12.0. The third-order valence-electron chi connectivity index (χ3n) is 6.03. The lowest BCUT2D eigenvalue weighted by Crippen LogP contribution is -2.46. The van der Waals surface area contributed by atoms with Crippen LogP contribution in [0.15, 0.2) is 48.0 Å². The van der Waals surface area contributed by atoms with Gasteiger partial charge in [0.05, 0.1) is 21.3 Å². The minimum Gasteiger partial charge on any atom is -0.460 e. The molecule has 2 aliphatic rings. The Hall–Kier alpha value is -2.25. The molecule has 0 aliphatic carbocycles. The van der Waals surface area contributed by atoms with Crippen molar-refractivity contribution in [1.82, 2.24) is 10.2 Å². The zero-order valence-corrected chi connectivity index (χ0v) is 20.2. The van der Waals surface area contributed by atoms with Crippen molar-refractivity contribution >= 4 is 40.9 Å². The fourth-order valence-electron chi connectivity index (χ4n) is 4.18. The first kappa shape index (κ1) is 23.9. The Kier molecular flexibility index (Phi) is 8.15. The summed E-state index contributed by atoms with van der Waals surface area (Å²) in [7, 11) is 1.54. The predicted molar refractivity (Wildman–Crippen MR) is 133 cm³/mol. The van der Waals surface area contributed by atoms with Crippen molar-refractivity contribution in [3.63, 3.8) is 0 Å². The molecule has 2 aromatic rings. The number of methoxy groups -OCH3 is 1. The van der Waals surface area contributed by atoms with Crippen molar-refractivity contribution in [1.29, 1.82) is 0 Å². The van der Waals surface area contributed by atoms with Crippen molar-refractivity contribution in [3.8, 4) is 5.75 Å². The Labute approximate surface area is 205 Å². The average Bonchev–Trinajstić information content (AvgIpc) is 2.85. The maximum Gasteiger partial charge on any atom is 0.253 e. The van der Waals surface area contributed by atoms with E-state index in [4.69, 9.17) is 32.7 Å². The second-order valence-corrected chi connectivity index (χ2v) is 8.97. The molecule has 1 fully saturated rings. The van der Waals surface area contributed by atoms with Gasteiger partial charge in [0, 0.05) is 45.4 Å². The van der Waals surface area contributed by atoms with Gasteiger partial charge < -0.3 is 19.7 Å². The highest BCUT2D eigenvalue weighted by molar-refractivity contribution is 6.43. The number of unbranched alkanes of at least 4 members (excludes halogenated alkanes) is 1. The van der Waals surface area contributed by atoms with Gasteiger partial charge in [-0.25, -0.2) is 0 Å². The first-order valence-electron chi connectivity index (χ1n) is 11.3. The van der Waals surface area contributed by atoms with E-state index in [-0.39, 0.29) is 5.91 Å². The summed E-state index contributed by atoms with van der Waals surface area (Å²) < 4.78 is 11.2. The lowest BCUT2D eigenvalue weighted by atomic mass is 10.1. The van der Waals surface area contributed by atoms with Crippen LogP contribution in [0, 0.1) is 0 Å². The molecule has 1 atom stereocenters. The van der Waals surface area contributed by atoms with Gasteiger partial charge >= 0.3 is 0 Å². The lowest BCUT2D eigenvalue weighted by molar-refractivity contribution is -0.121. The van der Waals surface area contributed by atoms with Crippen molar-refractivity contribution in [2.45, 2.75) is 19.1 Å². The monoisotopic (exact) mass is 489 g/mol. The summed E-state index contributed by atoms with van der Waals surface area (Å²) >= 11 is 12.5. The van der Waals surface area contributed by atoms with E-state index in [1.807, 2.05) is 48.5 Å². The fourth-order valence-corrected chi connectivity index (χ4v) is 4.60. The highest BCUT2D eigenvalue weighted by atomic mass is 35.5. The Morgan fingerprint density at radius 2 is 1.88 bits per heavy atom. The summed E-state index contributed by atoms with van der Waals surface area (Å²) in [5.41, 5.74) is 2.38. The molecule has 0 saturated carbocycles. The maximum atomic E-state index is 12.7. The minimum atomic E-state index is -0.691. The third kappa shape index (κ3) is 5.82. The van der Waals surface area contributed by atoms with Gasteiger partial charge in [0.2, 0.25) is 6.29 Å². The number of rotatable bonds is 8. The largest absolute Gasteiger partial charge is 0.460 e. The van der Waals surface area contributed by atoms with Crippen LogP contribution in [-0.4, -0.2) is 63.5 Å². The number of carbonyl (C=O) groups is 1. The van der Waals surface area contributed by atoms with Crippen molar-refractivity contribution in [2.75, 3.05) is 51.3 Å². The molecule has 0 radical (unpaired) electrons. The Balaban J connectivity index is 1.18. The van der Waals surface area contributed by atoms with E-state index in [1.54, 1.807) is 7.11 Å². The number of nitrogens with one attached hydrogen (secondary N) is 1. The molecule has 176 valence electrons. The molecule has 2 aromatic carbocycles. The molecule has 33 heavy (non-hydrogen) atoms.